The van der Waals surface area contributed by atoms with Gasteiger partial charge in [0.2, 0.25) is 5.91 Å². The van der Waals surface area contributed by atoms with Crippen LogP contribution in [0.4, 0.5) is 32.0 Å². The highest BCUT2D eigenvalue weighted by Crippen LogP contribution is 2.65. The Labute approximate surface area is 218 Å². The zero-order chi connectivity index (χ0) is 26.5. The summed E-state index contributed by atoms with van der Waals surface area (Å²) in [5.41, 5.74) is -0.500. The molecule has 4 nitrogen and oxygen atoms in total. The first-order chi connectivity index (χ1) is 16.0. The third kappa shape index (κ3) is 5.56. The molecule has 0 spiro atoms. The van der Waals surface area contributed by atoms with Crippen LogP contribution in [-0.2, 0) is 4.79 Å². The molecule has 190 valence electrons. The van der Waals surface area contributed by atoms with Gasteiger partial charge in [-0.2, -0.15) is 22.0 Å². The number of benzene rings is 2. The third-order valence-electron chi connectivity index (χ3n) is 5.10. The normalized spacial score (nSPS) is 19.3. The van der Waals surface area contributed by atoms with Gasteiger partial charge in [-0.1, -0.05) is 40.9 Å². The average molecular weight is 603 g/mol. The van der Waals surface area contributed by atoms with Gasteiger partial charge in [-0.25, -0.2) is 4.39 Å². The Hall–Kier alpha value is -1.59. The Morgan fingerprint density at radius 2 is 1.60 bits per heavy atom. The van der Waals surface area contributed by atoms with Crippen LogP contribution in [0, 0.1) is 11.7 Å². The molecule has 0 aliphatic heterocycles. The van der Waals surface area contributed by atoms with E-state index in [-0.39, 0.29) is 15.7 Å². The number of rotatable bonds is 6. The fourth-order valence-electron chi connectivity index (χ4n) is 3.22. The standard InChI is InChI=1S/C20H11Cl5F6N2O2/c21-8-2-4-11(15(23)12(8)16(34)32-6-18(27,28)20(29,30)31)33-17(35)14-13(19(14,24)25)7-1-3-10(26)9(22)5-7/h1-5,13-14H,6H2,(H,32,34)(H,33,35). The number of halogens is 11. The molecule has 1 aliphatic carbocycles. The summed E-state index contributed by atoms with van der Waals surface area (Å²) in [6.45, 7) is -2.07. The zero-order valence-electron chi connectivity index (χ0n) is 16.7. The minimum absolute atomic E-state index is 0.217. The Bertz CT molecular complexity index is 1190. The molecule has 1 fully saturated rings. The van der Waals surface area contributed by atoms with Crippen molar-refractivity contribution < 1.29 is 35.9 Å². The van der Waals surface area contributed by atoms with Crippen LogP contribution >= 0.6 is 58.0 Å². The van der Waals surface area contributed by atoms with Crippen molar-refractivity contribution in [3.8, 4) is 0 Å². The van der Waals surface area contributed by atoms with Crippen LogP contribution in [0.1, 0.15) is 21.8 Å². The second-order valence-corrected chi connectivity index (χ2v) is 10.1. The van der Waals surface area contributed by atoms with Crippen LogP contribution in [-0.4, -0.2) is 34.8 Å². The first kappa shape index (κ1) is 28.0. The van der Waals surface area contributed by atoms with Crippen molar-refractivity contribution in [3.63, 3.8) is 0 Å². The molecule has 0 radical (unpaired) electrons. The summed E-state index contributed by atoms with van der Waals surface area (Å²) in [5.74, 6) is -9.97. The van der Waals surface area contributed by atoms with Gasteiger partial charge in [0, 0.05) is 5.92 Å². The molecule has 0 heterocycles. The number of nitrogens with one attached hydrogen (secondary N) is 2. The lowest BCUT2D eigenvalue weighted by molar-refractivity contribution is -0.278. The van der Waals surface area contributed by atoms with E-state index in [1.807, 2.05) is 0 Å². The molecule has 2 atom stereocenters. The smallest absolute Gasteiger partial charge is 0.346 e. The van der Waals surface area contributed by atoms with Gasteiger partial charge in [-0.15, -0.1) is 23.2 Å². The van der Waals surface area contributed by atoms with Crippen LogP contribution in [0.3, 0.4) is 0 Å². The lowest BCUT2D eigenvalue weighted by atomic mass is 10.1. The summed E-state index contributed by atoms with van der Waals surface area (Å²) >= 11 is 30.1. The SMILES string of the molecule is O=C(NCC(F)(F)C(F)(F)F)c1c(Cl)ccc(NC(=O)C2C(c3ccc(F)c(Cl)c3)C2(Cl)Cl)c1Cl. The molecule has 0 aromatic heterocycles. The summed E-state index contributed by atoms with van der Waals surface area (Å²) in [6, 6.07) is 5.90. The van der Waals surface area contributed by atoms with E-state index in [4.69, 9.17) is 58.0 Å². The lowest BCUT2D eigenvalue weighted by Crippen LogP contribution is -2.46. The number of carbonyl (C=O) groups excluding carboxylic acids is 2. The van der Waals surface area contributed by atoms with E-state index in [1.165, 1.54) is 23.5 Å². The Morgan fingerprint density at radius 3 is 2.17 bits per heavy atom. The third-order valence-corrected chi connectivity index (χ3v) is 7.04. The number of alkyl halides is 7. The van der Waals surface area contributed by atoms with E-state index >= 15 is 0 Å². The van der Waals surface area contributed by atoms with Gasteiger partial charge in [0.15, 0.2) is 0 Å². The van der Waals surface area contributed by atoms with Crippen LogP contribution < -0.4 is 10.6 Å². The summed E-state index contributed by atoms with van der Waals surface area (Å²) in [4.78, 5) is 25.1. The van der Waals surface area contributed by atoms with Crippen molar-refractivity contribution in [2.24, 2.45) is 5.92 Å². The Morgan fingerprint density at radius 1 is 0.971 bits per heavy atom. The first-order valence-corrected chi connectivity index (χ1v) is 11.2. The minimum atomic E-state index is -5.89. The van der Waals surface area contributed by atoms with Crippen LogP contribution in [0.25, 0.3) is 0 Å². The molecule has 0 saturated heterocycles. The van der Waals surface area contributed by atoms with E-state index in [1.54, 1.807) is 0 Å². The molecule has 15 heteroatoms. The van der Waals surface area contributed by atoms with E-state index < -0.39 is 63.0 Å². The molecule has 2 aromatic rings. The van der Waals surface area contributed by atoms with E-state index in [0.29, 0.717) is 5.56 Å². The fourth-order valence-corrected chi connectivity index (χ4v) is 4.83. The van der Waals surface area contributed by atoms with Crippen LogP contribution in [0.15, 0.2) is 30.3 Å². The number of anilines is 1. The average Bonchev–Trinajstić information content (AvgIpc) is 3.32. The Kier molecular flexibility index (Phi) is 7.76. The predicted molar refractivity (Wildman–Crippen MR) is 121 cm³/mol. The quantitative estimate of drug-likeness (QED) is 0.271. The van der Waals surface area contributed by atoms with Crippen LogP contribution in [0.2, 0.25) is 15.1 Å². The number of amides is 2. The maximum absolute atomic E-state index is 13.4. The lowest BCUT2D eigenvalue weighted by Gasteiger charge is -2.20. The van der Waals surface area contributed by atoms with Gasteiger partial charge >= 0.3 is 12.1 Å². The van der Waals surface area contributed by atoms with Gasteiger partial charge in [0.1, 0.15) is 10.2 Å². The van der Waals surface area contributed by atoms with E-state index in [9.17, 15) is 35.9 Å². The van der Waals surface area contributed by atoms with Crippen molar-refractivity contribution >= 4 is 75.5 Å². The molecule has 1 saturated carbocycles. The summed E-state index contributed by atoms with van der Waals surface area (Å²) in [7, 11) is 0. The van der Waals surface area contributed by atoms with Gasteiger partial charge in [-0.05, 0) is 29.8 Å². The van der Waals surface area contributed by atoms with E-state index in [0.717, 1.165) is 12.1 Å². The second-order valence-electron chi connectivity index (χ2n) is 7.46. The monoisotopic (exact) mass is 600 g/mol. The van der Waals surface area contributed by atoms with Gasteiger partial charge < -0.3 is 10.6 Å². The highest BCUT2D eigenvalue weighted by molar-refractivity contribution is 6.53. The first-order valence-electron chi connectivity index (χ1n) is 9.33. The van der Waals surface area contributed by atoms with Crippen molar-refractivity contribution in [1.29, 1.82) is 0 Å². The van der Waals surface area contributed by atoms with Gasteiger partial charge in [0.25, 0.3) is 5.91 Å². The number of carbonyl (C=O) groups is 2. The minimum Gasteiger partial charge on any atom is -0.346 e. The predicted octanol–water partition coefficient (Wildman–Crippen LogP) is 7.24. The van der Waals surface area contributed by atoms with Crippen molar-refractivity contribution in [2.45, 2.75) is 22.4 Å². The topological polar surface area (TPSA) is 58.2 Å². The number of hydrogen-bond acceptors (Lipinski definition) is 2. The van der Waals surface area contributed by atoms with Crippen molar-refractivity contribution in [3.05, 3.63) is 62.3 Å². The molecule has 2 amide bonds. The molecule has 0 bridgehead atoms. The Balaban J connectivity index is 1.79. The second kappa shape index (κ2) is 9.70. The van der Waals surface area contributed by atoms with Crippen LogP contribution in [0.5, 0.6) is 0 Å². The molecule has 1 aliphatic rings. The summed E-state index contributed by atoms with van der Waals surface area (Å²) < 4.78 is 75.1. The molecular weight excluding hydrogens is 591 g/mol. The molecule has 35 heavy (non-hydrogen) atoms. The van der Waals surface area contributed by atoms with Gasteiger partial charge in [-0.3, -0.25) is 9.59 Å². The largest absolute Gasteiger partial charge is 0.455 e. The van der Waals surface area contributed by atoms with Gasteiger partial charge in [0.05, 0.1) is 38.8 Å². The molecular formula is C20H11Cl5F6N2O2. The molecule has 2 N–H and O–H groups in total. The maximum atomic E-state index is 13.4. The molecule has 2 aromatic carbocycles. The maximum Gasteiger partial charge on any atom is 0.455 e. The van der Waals surface area contributed by atoms with E-state index in [2.05, 4.69) is 5.32 Å². The molecule has 2 unspecified atom stereocenters. The number of hydrogen-bond donors (Lipinski definition) is 2. The highest BCUT2D eigenvalue weighted by Gasteiger charge is 2.67. The summed E-state index contributed by atoms with van der Waals surface area (Å²) in [6.07, 6.45) is -5.89. The highest BCUT2D eigenvalue weighted by atomic mass is 35.5. The summed E-state index contributed by atoms with van der Waals surface area (Å²) in [5, 5.41) is 2.65. The fraction of sp³-hybridized carbons (Fsp3) is 0.300. The zero-order valence-corrected chi connectivity index (χ0v) is 20.5. The molecule has 3 rings (SSSR count). The van der Waals surface area contributed by atoms with Crippen molar-refractivity contribution in [1.82, 2.24) is 5.32 Å². The van der Waals surface area contributed by atoms with Crippen molar-refractivity contribution in [2.75, 3.05) is 11.9 Å².